The molecule has 0 aromatic carbocycles. The normalized spacial score (nSPS) is 12.5. The molecule has 0 saturated carbocycles. The molecule has 0 saturated heterocycles. The highest BCUT2D eigenvalue weighted by Gasteiger charge is 2.19. The van der Waals surface area contributed by atoms with Gasteiger partial charge in [-0.2, -0.15) is 0 Å². The molecule has 2 atom stereocenters. The van der Waals surface area contributed by atoms with Crippen LogP contribution in [-0.4, -0.2) is 37.2 Å². The Bertz CT molecular complexity index is 995. The first-order valence-corrected chi connectivity index (χ1v) is 29.3. The smallest absolute Gasteiger partial charge is 0.306 e. The minimum Gasteiger partial charge on any atom is -0.462 e. The number of hydrogen-bond acceptors (Lipinski definition) is 6. The molecule has 0 aromatic heterocycles. The molecule has 0 radical (unpaired) electrons. The van der Waals surface area contributed by atoms with Gasteiger partial charge in [-0.1, -0.05) is 291 Å². The Morgan fingerprint density at radius 3 is 0.877 bits per heavy atom. The lowest BCUT2D eigenvalue weighted by Crippen LogP contribution is -2.30. The van der Waals surface area contributed by atoms with E-state index >= 15 is 0 Å². The zero-order chi connectivity index (χ0) is 47.5. The Balaban J connectivity index is 4.19. The quantitative estimate of drug-likeness (QED) is 0.0344. The molecule has 0 aromatic rings. The average molecular weight is 920 g/mol. The average Bonchev–Trinajstić information content (AvgIpc) is 3.29. The zero-order valence-electron chi connectivity index (χ0n) is 44.6. The van der Waals surface area contributed by atoms with Gasteiger partial charge in [0.05, 0.1) is 0 Å². The van der Waals surface area contributed by atoms with E-state index in [9.17, 15) is 14.4 Å². The minimum absolute atomic E-state index is 0.0632. The largest absolute Gasteiger partial charge is 0.462 e. The van der Waals surface area contributed by atoms with E-state index in [1.165, 1.54) is 218 Å². The maximum Gasteiger partial charge on any atom is 0.306 e. The molecule has 1 unspecified atom stereocenters. The standard InChI is InChI=1S/C59H114O6/c1-6-8-9-10-11-12-13-14-19-24-27-30-35-41-46-51-59(62)65-56(53-64-58(61)50-45-40-36-31-32-37-42-47-54(3)4)52-63-57(60)49-44-39-34-29-26-23-21-18-16-15-17-20-22-25-28-33-38-43-48-55(5)7-2/h54-56H,6-53H2,1-5H3/t55?,56-/m1/s1. The lowest BCUT2D eigenvalue weighted by Gasteiger charge is -2.18. The number of hydrogen-bond donors (Lipinski definition) is 0. The maximum absolute atomic E-state index is 12.8. The van der Waals surface area contributed by atoms with E-state index in [-0.39, 0.29) is 31.1 Å². The summed E-state index contributed by atoms with van der Waals surface area (Å²) in [6, 6.07) is 0. The molecule has 0 fully saturated rings. The number of esters is 3. The zero-order valence-corrected chi connectivity index (χ0v) is 44.6. The fourth-order valence-electron chi connectivity index (χ4n) is 9.02. The highest BCUT2D eigenvalue weighted by molar-refractivity contribution is 5.71. The Labute approximate surface area is 406 Å². The van der Waals surface area contributed by atoms with Crippen LogP contribution in [-0.2, 0) is 28.6 Å². The lowest BCUT2D eigenvalue weighted by molar-refractivity contribution is -0.167. The first kappa shape index (κ1) is 63.4. The number of carbonyl (C=O) groups excluding carboxylic acids is 3. The summed E-state index contributed by atoms with van der Waals surface area (Å²) in [5.74, 6) is 0.849. The van der Waals surface area contributed by atoms with E-state index in [0.29, 0.717) is 19.3 Å². The van der Waals surface area contributed by atoms with Crippen LogP contribution in [0.25, 0.3) is 0 Å². The second-order valence-electron chi connectivity index (χ2n) is 21.0. The molecular formula is C59H114O6. The van der Waals surface area contributed by atoms with Gasteiger partial charge in [-0.05, 0) is 31.1 Å². The number of ether oxygens (including phenoxy) is 3. The van der Waals surface area contributed by atoms with Crippen molar-refractivity contribution in [2.45, 2.75) is 336 Å². The molecule has 0 spiro atoms. The van der Waals surface area contributed by atoms with Gasteiger partial charge in [-0.3, -0.25) is 14.4 Å². The third-order valence-electron chi connectivity index (χ3n) is 13.8. The molecule has 6 nitrogen and oxygen atoms in total. The summed E-state index contributed by atoms with van der Waals surface area (Å²) >= 11 is 0. The summed E-state index contributed by atoms with van der Waals surface area (Å²) in [6.07, 6.45) is 55.3. The summed E-state index contributed by atoms with van der Waals surface area (Å²) in [6.45, 7) is 11.4. The molecule has 386 valence electrons. The van der Waals surface area contributed by atoms with Crippen molar-refractivity contribution in [3.05, 3.63) is 0 Å². The van der Waals surface area contributed by atoms with Gasteiger partial charge >= 0.3 is 17.9 Å². The second kappa shape index (κ2) is 51.8. The number of carbonyl (C=O) groups is 3. The molecule has 65 heavy (non-hydrogen) atoms. The summed E-state index contributed by atoms with van der Waals surface area (Å²) < 4.78 is 16.9. The van der Waals surface area contributed by atoms with E-state index in [4.69, 9.17) is 14.2 Å². The van der Waals surface area contributed by atoms with Gasteiger partial charge in [0.2, 0.25) is 0 Å². The van der Waals surface area contributed by atoms with Gasteiger partial charge in [0.25, 0.3) is 0 Å². The number of rotatable bonds is 53. The maximum atomic E-state index is 12.8. The Morgan fingerprint density at radius 2 is 0.585 bits per heavy atom. The Kier molecular flexibility index (Phi) is 50.5. The van der Waals surface area contributed by atoms with Crippen LogP contribution < -0.4 is 0 Å². The van der Waals surface area contributed by atoms with Crippen molar-refractivity contribution in [3.63, 3.8) is 0 Å². The van der Waals surface area contributed by atoms with Crippen LogP contribution in [0, 0.1) is 11.8 Å². The van der Waals surface area contributed by atoms with Crippen LogP contribution >= 0.6 is 0 Å². The molecule has 6 heteroatoms. The van der Waals surface area contributed by atoms with Crippen molar-refractivity contribution in [3.8, 4) is 0 Å². The monoisotopic (exact) mass is 919 g/mol. The third kappa shape index (κ3) is 51.6. The number of unbranched alkanes of at least 4 members (excludes halogenated alkanes) is 37. The van der Waals surface area contributed by atoms with Crippen molar-refractivity contribution >= 4 is 17.9 Å². The molecular weight excluding hydrogens is 805 g/mol. The molecule has 0 heterocycles. The highest BCUT2D eigenvalue weighted by atomic mass is 16.6. The van der Waals surface area contributed by atoms with Gasteiger partial charge in [-0.25, -0.2) is 0 Å². The van der Waals surface area contributed by atoms with Crippen LogP contribution in [0.5, 0.6) is 0 Å². The predicted octanol–water partition coefficient (Wildman–Crippen LogP) is 19.3. The van der Waals surface area contributed by atoms with E-state index in [1.54, 1.807) is 0 Å². The fourth-order valence-corrected chi connectivity index (χ4v) is 9.02. The van der Waals surface area contributed by atoms with Crippen molar-refractivity contribution < 1.29 is 28.6 Å². The summed E-state index contributed by atoms with van der Waals surface area (Å²) in [4.78, 5) is 38.1. The van der Waals surface area contributed by atoms with Crippen LogP contribution in [0.3, 0.4) is 0 Å². The summed E-state index contributed by atoms with van der Waals surface area (Å²) in [5, 5.41) is 0. The summed E-state index contributed by atoms with van der Waals surface area (Å²) in [7, 11) is 0. The van der Waals surface area contributed by atoms with E-state index < -0.39 is 6.10 Å². The molecule has 0 N–H and O–H groups in total. The van der Waals surface area contributed by atoms with Crippen molar-refractivity contribution in [2.75, 3.05) is 13.2 Å². The van der Waals surface area contributed by atoms with E-state index in [0.717, 1.165) is 69.6 Å². The van der Waals surface area contributed by atoms with Gasteiger partial charge < -0.3 is 14.2 Å². The van der Waals surface area contributed by atoms with E-state index in [2.05, 4.69) is 34.6 Å². The third-order valence-corrected chi connectivity index (χ3v) is 13.8. The van der Waals surface area contributed by atoms with Gasteiger partial charge in [0.15, 0.2) is 6.10 Å². The molecule has 0 aliphatic rings. The van der Waals surface area contributed by atoms with Gasteiger partial charge in [0.1, 0.15) is 13.2 Å². The van der Waals surface area contributed by atoms with Crippen LogP contribution in [0.4, 0.5) is 0 Å². The topological polar surface area (TPSA) is 78.9 Å². The van der Waals surface area contributed by atoms with Gasteiger partial charge in [-0.15, -0.1) is 0 Å². The SMILES string of the molecule is CCCCCCCCCCCCCCCCCC(=O)O[C@H](COC(=O)CCCCCCCCCCCCCCCCCCCCC(C)CC)COC(=O)CCCCCCCCCC(C)C. The minimum atomic E-state index is -0.762. The molecule has 0 rings (SSSR count). The van der Waals surface area contributed by atoms with Crippen LogP contribution in [0.1, 0.15) is 330 Å². The molecule has 0 aliphatic carbocycles. The molecule has 0 aliphatic heterocycles. The molecule has 0 amide bonds. The van der Waals surface area contributed by atoms with Gasteiger partial charge in [0, 0.05) is 19.3 Å². The second-order valence-corrected chi connectivity index (χ2v) is 21.0. The Morgan fingerprint density at radius 1 is 0.323 bits per heavy atom. The van der Waals surface area contributed by atoms with Crippen LogP contribution in [0.2, 0.25) is 0 Å². The summed E-state index contributed by atoms with van der Waals surface area (Å²) in [5.41, 5.74) is 0. The Hall–Kier alpha value is -1.59. The fraction of sp³-hybridized carbons (Fsp3) is 0.949. The first-order valence-electron chi connectivity index (χ1n) is 29.3. The highest BCUT2D eigenvalue weighted by Crippen LogP contribution is 2.19. The first-order chi connectivity index (χ1) is 31.8. The lowest BCUT2D eigenvalue weighted by atomic mass is 9.99. The predicted molar refractivity (Wildman–Crippen MR) is 280 cm³/mol. The van der Waals surface area contributed by atoms with Crippen molar-refractivity contribution in [2.24, 2.45) is 11.8 Å². The molecule has 0 bridgehead atoms. The van der Waals surface area contributed by atoms with Crippen molar-refractivity contribution in [1.29, 1.82) is 0 Å². The van der Waals surface area contributed by atoms with E-state index in [1.807, 2.05) is 0 Å². The van der Waals surface area contributed by atoms with Crippen molar-refractivity contribution in [1.82, 2.24) is 0 Å². The van der Waals surface area contributed by atoms with Crippen LogP contribution in [0.15, 0.2) is 0 Å².